The van der Waals surface area contributed by atoms with Crippen LogP contribution in [0.1, 0.15) is 51.5 Å². The second-order valence-corrected chi connectivity index (χ2v) is 10.7. The summed E-state index contributed by atoms with van der Waals surface area (Å²) < 4.78 is 0. The lowest BCUT2D eigenvalue weighted by atomic mass is 9.68. The summed E-state index contributed by atoms with van der Waals surface area (Å²) in [6.07, 6.45) is 1.83. The number of benzene rings is 1. The minimum absolute atomic E-state index is 0.0470. The van der Waals surface area contributed by atoms with E-state index in [0.29, 0.717) is 42.8 Å². The van der Waals surface area contributed by atoms with Gasteiger partial charge in [0.1, 0.15) is 0 Å². The lowest BCUT2D eigenvalue weighted by Gasteiger charge is -2.46. The van der Waals surface area contributed by atoms with E-state index in [1.807, 2.05) is 0 Å². The summed E-state index contributed by atoms with van der Waals surface area (Å²) in [5.74, 6) is -8.18. The molecule has 0 aromatic heterocycles. The molecule has 0 aliphatic carbocycles. The molecule has 2 amide bonds. The van der Waals surface area contributed by atoms with Gasteiger partial charge < -0.3 is 33.4 Å². The van der Waals surface area contributed by atoms with Gasteiger partial charge in [-0.25, -0.2) is 4.79 Å². The Hall–Kier alpha value is -3.03. The van der Waals surface area contributed by atoms with Crippen LogP contribution in [0.3, 0.4) is 0 Å². The maximum absolute atomic E-state index is 14.3. The fraction of sp³-hybridized carbons (Fsp3) is 0.607. The van der Waals surface area contributed by atoms with E-state index in [1.165, 1.54) is 0 Å². The number of aliphatic carboxylic acids is 1. The predicted molar refractivity (Wildman–Crippen MR) is 150 cm³/mol. The first-order valence-electron chi connectivity index (χ1n) is 13.8. The maximum Gasteiger partial charge on any atom is 0.338 e. The Bertz CT molecular complexity index is 1040. The zero-order chi connectivity index (χ0) is 30.0. The lowest BCUT2D eigenvalue weighted by molar-refractivity contribution is -0.179. The maximum atomic E-state index is 14.3. The fourth-order valence-electron chi connectivity index (χ4n) is 5.50. The van der Waals surface area contributed by atoms with Crippen molar-refractivity contribution in [2.24, 2.45) is 34.8 Å². The van der Waals surface area contributed by atoms with Gasteiger partial charge in [0, 0.05) is 0 Å². The molecule has 12 heteroatoms. The van der Waals surface area contributed by atoms with E-state index in [0.717, 1.165) is 0 Å². The van der Waals surface area contributed by atoms with Gasteiger partial charge in [-0.15, -0.1) is 0 Å². The number of carboxylic acid groups (broad SMARTS) is 1. The predicted octanol–water partition coefficient (Wildman–Crippen LogP) is -0.688. The molecule has 1 aromatic carbocycles. The van der Waals surface area contributed by atoms with Gasteiger partial charge in [0.05, 0.1) is 30.6 Å². The summed E-state index contributed by atoms with van der Waals surface area (Å²) in [6.45, 7) is 3.26. The Morgan fingerprint density at radius 2 is 1.65 bits per heavy atom. The summed E-state index contributed by atoms with van der Waals surface area (Å²) in [7, 11) is 0. The Balaban J connectivity index is 2.81. The molecule has 5 unspecified atom stereocenters. The first-order chi connectivity index (χ1) is 18.9. The molecule has 40 heavy (non-hydrogen) atoms. The van der Waals surface area contributed by atoms with Crippen LogP contribution in [0.25, 0.3) is 0 Å². The number of ketones is 2. The van der Waals surface area contributed by atoms with Gasteiger partial charge in [-0.2, -0.15) is 0 Å². The Labute approximate surface area is 235 Å². The van der Waals surface area contributed by atoms with E-state index >= 15 is 0 Å². The van der Waals surface area contributed by atoms with Gasteiger partial charge in [-0.1, -0.05) is 50.6 Å². The minimum Gasteiger partial charge on any atom is -0.479 e. The van der Waals surface area contributed by atoms with Crippen molar-refractivity contribution in [2.75, 3.05) is 19.6 Å². The van der Waals surface area contributed by atoms with Crippen LogP contribution in [-0.4, -0.2) is 82.7 Å². The molecule has 0 radical (unpaired) electrons. The Morgan fingerprint density at radius 3 is 2.15 bits per heavy atom. The number of hydrogen-bond donors (Lipinski definition) is 6. The van der Waals surface area contributed by atoms with Gasteiger partial charge in [0.15, 0.2) is 11.6 Å². The van der Waals surface area contributed by atoms with Gasteiger partial charge in [0.2, 0.25) is 17.4 Å². The minimum atomic E-state index is -2.92. The van der Waals surface area contributed by atoms with Crippen LogP contribution in [0, 0.1) is 11.8 Å². The summed E-state index contributed by atoms with van der Waals surface area (Å²) in [6, 6.07) is 4.96. The molecule has 0 saturated carbocycles. The van der Waals surface area contributed by atoms with E-state index in [9.17, 15) is 29.1 Å². The third-order valence-electron chi connectivity index (χ3n) is 7.44. The average Bonchev–Trinajstić information content (AvgIpc) is 3.47. The number of Topliss-reactive ketones (excluding diaryl/α,β-unsaturated/α-hetero) is 2. The topological polar surface area (TPSA) is 225 Å². The lowest BCUT2D eigenvalue weighted by Crippen LogP contribution is -2.75. The van der Waals surface area contributed by atoms with Crippen molar-refractivity contribution in [3.63, 3.8) is 0 Å². The number of carboxylic acids is 1. The molecule has 5 atom stereocenters. The van der Waals surface area contributed by atoms with E-state index in [2.05, 4.69) is 5.32 Å². The smallest absolute Gasteiger partial charge is 0.338 e. The van der Waals surface area contributed by atoms with Crippen molar-refractivity contribution in [2.45, 2.75) is 76.0 Å². The Kier molecular flexibility index (Phi) is 12.5. The molecule has 1 aromatic rings. The highest BCUT2D eigenvalue weighted by Gasteiger charge is 2.65. The van der Waals surface area contributed by atoms with E-state index in [4.69, 9.17) is 22.9 Å². The van der Waals surface area contributed by atoms with Crippen LogP contribution in [0.2, 0.25) is 0 Å². The standard InChI is InChI=1S/C28H44N6O6/c1-17(2)23(22(35)16-30)28(27(39)40,24(36)21-12-8-14-33-21)34(25(37)19(31)11-6-7-13-29)26(38)20(32)15-18-9-4-3-5-10-18/h3-5,9-10,17,19-21,23,33H,6-8,11-16,29-32H2,1-2H3,(H,39,40). The van der Waals surface area contributed by atoms with Gasteiger partial charge in [-0.3, -0.25) is 24.1 Å². The van der Waals surface area contributed by atoms with Crippen LogP contribution >= 0.6 is 0 Å². The number of carbonyl (C=O) groups excluding carboxylic acids is 4. The summed E-state index contributed by atoms with van der Waals surface area (Å²) in [5, 5.41) is 13.8. The quantitative estimate of drug-likeness (QED) is 0.110. The third kappa shape index (κ3) is 7.18. The molecule has 1 heterocycles. The number of hydrogen-bond acceptors (Lipinski definition) is 10. The first kappa shape index (κ1) is 33.2. The van der Waals surface area contributed by atoms with E-state index in [-0.39, 0.29) is 19.3 Å². The summed E-state index contributed by atoms with van der Waals surface area (Å²) in [5.41, 5.74) is 21.6. The van der Waals surface area contributed by atoms with Crippen LogP contribution in [0.15, 0.2) is 30.3 Å². The highest BCUT2D eigenvalue weighted by Crippen LogP contribution is 2.37. The normalized spacial score (nSPS) is 18.9. The average molecular weight is 561 g/mol. The van der Waals surface area contributed by atoms with Crippen molar-refractivity contribution in [3.8, 4) is 0 Å². The molecule has 1 aliphatic rings. The molecule has 0 bridgehead atoms. The zero-order valence-electron chi connectivity index (χ0n) is 23.4. The summed E-state index contributed by atoms with van der Waals surface area (Å²) >= 11 is 0. The van der Waals surface area contributed by atoms with Crippen LogP contribution < -0.4 is 28.3 Å². The number of amides is 2. The van der Waals surface area contributed by atoms with Crippen molar-refractivity contribution >= 4 is 29.4 Å². The molecule has 1 saturated heterocycles. The molecule has 1 aliphatic heterocycles. The fourth-order valence-corrected chi connectivity index (χ4v) is 5.50. The number of nitrogens with two attached hydrogens (primary N) is 4. The highest BCUT2D eigenvalue weighted by atomic mass is 16.4. The SMILES string of the molecule is CC(C)C(C(=O)CN)C(C(=O)O)(C(=O)C1CCCN1)N(C(=O)C(N)CCCCN)C(=O)C(N)Cc1ccccc1. The monoisotopic (exact) mass is 560 g/mol. The molecule has 0 spiro atoms. The van der Waals surface area contributed by atoms with Gasteiger partial charge >= 0.3 is 5.97 Å². The van der Waals surface area contributed by atoms with Crippen LogP contribution in [0.5, 0.6) is 0 Å². The van der Waals surface area contributed by atoms with Crippen LogP contribution in [-0.2, 0) is 30.4 Å². The summed E-state index contributed by atoms with van der Waals surface area (Å²) in [4.78, 5) is 69.7. The second kappa shape index (κ2) is 15.1. The number of nitrogens with zero attached hydrogens (tertiary/aromatic N) is 1. The molecule has 10 N–H and O–H groups in total. The molecule has 2 rings (SSSR count). The van der Waals surface area contributed by atoms with Crippen LogP contribution in [0.4, 0.5) is 0 Å². The number of carbonyl (C=O) groups is 5. The highest BCUT2D eigenvalue weighted by molar-refractivity contribution is 6.20. The number of rotatable bonds is 16. The molecular formula is C28H44N6O6. The van der Waals surface area contributed by atoms with Crippen molar-refractivity contribution in [1.29, 1.82) is 0 Å². The van der Waals surface area contributed by atoms with E-state index < -0.39 is 71.4 Å². The molecule has 222 valence electrons. The number of imide groups is 1. The largest absolute Gasteiger partial charge is 0.479 e. The van der Waals surface area contributed by atoms with Gasteiger partial charge in [-0.05, 0) is 56.7 Å². The molecular weight excluding hydrogens is 516 g/mol. The third-order valence-corrected chi connectivity index (χ3v) is 7.44. The van der Waals surface area contributed by atoms with E-state index in [1.54, 1.807) is 44.2 Å². The Morgan fingerprint density at radius 1 is 1.02 bits per heavy atom. The zero-order valence-corrected chi connectivity index (χ0v) is 23.4. The first-order valence-corrected chi connectivity index (χ1v) is 13.8. The van der Waals surface area contributed by atoms with Crippen molar-refractivity contribution in [3.05, 3.63) is 35.9 Å². The second-order valence-electron chi connectivity index (χ2n) is 10.7. The number of nitrogens with one attached hydrogen (secondary N) is 1. The number of unbranched alkanes of at least 4 members (excludes halogenated alkanes) is 1. The van der Waals surface area contributed by atoms with Crippen molar-refractivity contribution < 1.29 is 29.1 Å². The van der Waals surface area contributed by atoms with Gasteiger partial charge in [0.25, 0.3) is 0 Å². The molecule has 12 nitrogen and oxygen atoms in total. The van der Waals surface area contributed by atoms with Crippen molar-refractivity contribution in [1.82, 2.24) is 10.2 Å². The molecule has 1 fully saturated rings.